The van der Waals surface area contributed by atoms with Crippen molar-refractivity contribution in [1.82, 2.24) is 0 Å². The second-order valence-corrected chi connectivity index (χ2v) is 8.05. The van der Waals surface area contributed by atoms with Crippen molar-refractivity contribution in [2.45, 2.75) is 38.6 Å². The molecule has 0 saturated heterocycles. The van der Waals surface area contributed by atoms with Crippen LogP contribution in [0.1, 0.15) is 44.4 Å². The number of hydrogen-bond acceptors (Lipinski definition) is 1. The van der Waals surface area contributed by atoms with Crippen molar-refractivity contribution in [3.05, 3.63) is 89.5 Å². The molecule has 25 heavy (non-hydrogen) atoms. The van der Waals surface area contributed by atoms with Crippen LogP contribution in [0, 0.1) is 0 Å². The van der Waals surface area contributed by atoms with Gasteiger partial charge in [-0.2, -0.15) is 0 Å². The van der Waals surface area contributed by atoms with E-state index in [9.17, 15) is 0 Å². The minimum absolute atomic E-state index is 0.0422. The standard InChI is InChI=1S/C24H25N/c1-23(2)21-13-9-8-12-19(21)20-15-14-18(16-22(20)23)25-24(3,4)17-10-6-5-7-11-17/h5-16,25H,1-4H3. The van der Waals surface area contributed by atoms with Crippen LogP contribution in [0.25, 0.3) is 11.1 Å². The van der Waals surface area contributed by atoms with E-state index in [0.29, 0.717) is 0 Å². The molecule has 1 aliphatic rings. The first-order valence-corrected chi connectivity index (χ1v) is 8.98. The van der Waals surface area contributed by atoms with Crippen LogP contribution in [0.5, 0.6) is 0 Å². The Morgan fingerprint density at radius 1 is 0.720 bits per heavy atom. The lowest BCUT2D eigenvalue weighted by molar-refractivity contribution is 0.608. The highest BCUT2D eigenvalue weighted by atomic mass is 15.0. The molecular weight excluding hydrogens is 302 g/mol. The van der Waals surface area contributed by atoms with E-state index in [1.54, 1.807) is 0 Å². The fourth-order valence-electron chi connectivity index (χ4n) is 4.07. The van der Waals surface area contributed by atoms with Gasteiger partial charge in [0.1, 0.15) is 0 Å². The van der Waals surface area contributed by atoms with Gasteiger partial charge in [-0.05, 0) is 53.8 Å². The van der Waals surface area contributed by atoms with Gasteiger partial charge in [0.2, 0.25) is 0 Å². The summed E-state index contributed by atoms with van der Waals surface area (Å²) in [6.07, 6.45) is 0. The summed E-state index contributed by atoms with van der Waals surface area (Å²) in [6, 6.07) is 26.2. The number of fused-ring (bicyclic) bond motifs is 3. The van der Waals surface area contributed by atoms with Gasteiger partial charge in [-0.1, -0.05) is 74.5 Å². The summed E-state index contributed by atoms with van der Waals surface area (Å²) in [5.41, 5.74) is 7.95. The van der Waals surface area contributed by atoms with Gasteiger partial charge < -0.3 is 5.32 Å². The highest BCUT2D eigenvalue weighted by molar-refractivity contribution is 5.82. The van der Waals surface area contributed by atoms with Gasteiger partial charge >= 0.3 is 0 Å². The summed E-state index contributed by atoms with van der Waals surface area (Å²) in [6.45, 7) is 9.11. The van der Waals surface area contributed by atoms with Gasteiger partial charge in [-0.3, -0.25) is 0 Å². The third-order valence-corrected chi connectivity index (χ3v) is 5.54. The lowest BCUT2D eigenvalue weighted by Gasteiger charge is -2.29. The zero-order valence-corrected chi connectivity index (χ0v) is 15.4. The zero-order valence-electron chi connectivity index (χ0n) is 15.4. The monoisotopic (exact) mass is 327 g/mol. The van der Waals surface area contributed by atoms with Crippen molar-refractivity contribution < 1.29 is 0 Å². The molecule has 0 aliphatic heterocycles. The van der Waals surface area contributed by atoms with Crippen molar-refractivity contribution in [3.63, 3.8) is 0 Å². The molecule has 126 valence electrons. The maximum Gasteiger partial charge on any atom is 0.0569 e. The summed E-state index contributed by atoms with van der Waals surface area (Å²) in [5.74, 6) is 0. The first kappa shape index (κ1) is 16.0. The summed E-state index contributed by atoms with van der Waals surface area (Å²) in [4.78, 5) is 0. The molecule has 1 N–H and O–H groups in total. The molecule has 0 aromatic heterocycles. The normalized spacial score (nSPS) is 14.7. The van der Waals surface area contributed by atoms with Gasteiger partial charge in [0.05, 0.1) is 5.54 Å². The van der Waals surface area contributed by atoms with Gasteiger partial charge in [-0.15, -0.1) is 0 Å². The molecule has 0 spiro atoms. The van der Waals surface area contributed by atoms with E-state index < -0.39 is 0 Å². The Hall–Kier alpha value is -2.54. The Labute approximate surface area is 150 Å². The number of benzene rings is 3. The van der Waals surface area contributed by atoms with Gasteiger partial charge in [0.25, 0.3) is 0 Å². The first-order valence-electron chi connectivity index (χ1n) is 8.98. The van der Waals surface area contributed by atoms with Crippen LogP contribution < -0.4 is 5.32 Å². The van der Waals surface area contributed by atoms with E-state index in [2.05, 4.69) is 106 Å². The zero-order chi connectivity index (χ0) is 17.7. The van der Waals surface area contributed by atoms with Crippen molar-refractivity contribution in [2.75, 3.05) is 5.32 Å². The Morgan fingerprint density at radius 3 is 2.12 bits per heavy atom. The van der Waals surface area contributed by atoms with Crippen LogP contribution in [0.15, 0.2) is 72.8 Å². The van der Waals surface area contributed by atoms with Crippen LogP contribution in [0.3, 0.4) is 0 Å². The minimum atomic E-state index is -0.120. The van der Waals surface area contributed by atoms with Crippen molar-refractivity contribution in [2.24, 2.45) is 0 Å². The second-order valence-electron chi connectivity index (χ2n) is 8.05. The topological polar surface area (TPSA) is 12.0 Å². The first-order chi connectivity index (χ1) is 11.9. The van der Waals surface area contributed by atoms with E-state index >= 15 is 0 Å². The summed E-state index contributed by atoms with van der Waals surface area (Å²) in [7, 11) is 0. The lowest BCUT2D eigenvalue weighted by atomic mass is 9.82. The predicted octanol–water partition coefficient (Wildman–Crippen LogP) is 6.34. The summed E-state index contributed by atoms with van der Waals surface area (Å²) < 4.78 is 0. The molecule has 0 unspecified atom stereocenters. The third-order valence-electron chi connectivity index (χ3n) is 5.54. The second kappa shape index (κ2) is 5.49. The predicted molar refractivity (Wildman–Crippen MR) is 107 cm³/mol. The highest BCUT2D eigenvalue weighted by Gasteiger charge is 2.35. The molecule has 0 heterocycles. The molecule has 3 aromatic carbocycles. The SMILES string of the molecule is CC(C)(Nc1ccc2c(c1)C(C)(C)c1ccccc1-2)c1ccccc1. The van der Waals surface area contributed by atoms with Crippen LogP contribution in [0.2, 0.25) is 0 Å². The Kier molecular flexibility index (Phi) is 3.50. The molecule has 0 amide bonds. The van der Waals surface area contributed by atoms with E-state index in [0.717, 1.165) is 0 Å². The van der Waals surface area contributed by atoms with Crippen LogP contribution in [-0.4, -0.2) is 0 Å². The Balaban J connectivity index is 1.73. The van der Waals surface area contributed by atoms with Gasteiger partial charge in [0.15, 0.2) is 0 Å². The van der Waals surface area contributed by atoms with E-state index in [1.807, 2.05) is 0 Å². The summed E-state index contributed by atoms with van der Waals surface area (Å²) >= 11 is 0. The highest BCUT2D eigenvalue weighted by Crippen LogP contribution is 2.49. The number of nitrogens with one attached hydrogen (secondary N) is 1. The van der Waals surface area contributed by atoms with Crippen LogP contribution in [0.4, 0.5) is 5.69 Å². The lowest BCUT2D eigenvalue weighted by Crippen LogP contribution is -2.28. The largest absolute Gasteiger partial charge is 0.376 e. The quantitative estimate of drug-likeness (QED) is 0.592. The molecule has 4 rings (SSSR count). The number of anilines is 1. The van der Waals surface area contributed by atoms with Crippen molar-refractivity contribution in [1.29, 1.82) is 0 Å². The maximum atomic E-state index is 3.73. The average molecular weight is 327 g/mol. The van der Waals surface area contributed by atoms with Crippen LogP contribution in [-0.2, 0) is 11.0 Å². The molecule has 3 aromatic rings. The fraction of sp³-hybridized carbons (Fsp3) is 0.250. The molecule has 0 fully saturated rings. The van der Waals surface area contributed by atoms with Gasteiger partial charge in [0, 0.05) is 11.1 Å². The average Bonchev–Trinajstić information content (AvgIpc) is 2.84. The molecule has 1 aliphatic carbocycles. The van der Waals surface area contributed by atoms with Crippen molar-refractivity contribution in [3.8, 4) is 11.1 Å². The fourth-order valence-corrected chi connectivity index (χ4v) is 4.07. The molecular formula is C24H25N. The smallest absolute Gasteiger partial charge is 0.0569 e. The minimum Gasteiger partial charge on any atom is -0.376 e. The van der Waals surface area contributed by atoms with Crippen molar-refractivity contribution >= 4 is 5.69 Å². The molecule has 0 bridgehead atoms. The van der Waals surface area contributed by atoms with E-state index in [-0.39, 0.29) is 11.0 Å². The van der Waals surface area contributed by atoms with E-state index in [4.69, 9.17) is 0 Å². The third kappa shape index (κ3) is 2.55. The molecule has 1 nitrogen and oxygen atoms in total. The summed E-state index contributed by atoms with van der Waals surface area (Å²) in [5, 5.41) is 3.73. The van der Waals surface area contributed by atoms with E-state index in [1.165, 1.54) is 33.5 Å². The molecule has 0 atom stereocenters. The number of rotatable bonds is 3. The molecule has 0 saturated carbocycles. The van der Waals surface area contributed by atoms with Crippen LogP contribution >= 0.6 is 0 Å². The Bertz CT molecular complexity index is 920. The molecule has 0 radical (unpaired) electrons. The Morgan fingerprint density at radius 2 is 1.36 bits per heavy atom. The van der Waals surface area contributed by atoms with Gasteiger partial charge in [-0.25, -0.2) is 0 Å². The maximum absolute atomic E-state index is 3.73. The molecule has 1 heteroatoms. The number of hydrogen-bond donors (Lipinski definition) is 1.